The molecule has 2 aromatic carbocycles. The normalized spacial score (nSPS) is 10.9. The van der Waals surface area contributed by atoms with Crippen LogP contribution in [0.1, 0.15) is 5.82 Å². The molecule has 100 valence electrons. The standard InChI is InChI=1S/C15H12ClN3O/c1-9-18-14-10(5-4-6-11(14)16)15(20)19(9)13-8-3-2-7-12(13)17/h2-8H,17H2,1H3. The zero-order valence-corrected chi connectivity index (χ0v) is 11.6. The molecule has 1 aromatic heterocycles. The third-order valence-electron chi connectivity index (χ3n) is 3.20. The Labute approximate surface area is 120 Å². The molecule has 4 nitrogen and oxygen atoms in total. The molecule has 0 bridgehead atoms. The predicted octanol–water partition coefficient (Wildman–Crippen LogP) is 2.93. The maximum atomic E-state index is 12.7. The number of benzene rings is 2. The van der Waals surface area contributed by atoms with E-state index in [-0.39, 0.29) is 5.56 Å². The van der Waals surface area contributed by atoms with Gasteiger partial charge < -0.3 is 5.73 Å². The van der Waals surface area contributed by atoms with Crippen LogP contribution in [0.15, 0.2) is 47.3 Å². The third-order valence-corrected chi connectivity index (χ3v) is 3.50. The minimum Gasteiger partial charge on any atom is -0.397 e. The summed E-state index contributed by atoms with van der Waals surface area (Å²) >= 11 is 6.10. The summed E-state index contributed by atoms with van der Waals surface area (Å²) < 4.78 is 1.51. The van der Waals surface area contributed by atoms with Crippen molar-refractivity contribution < 1.29 is 0 Å². The van der Waals surface area contributed by atoms with Gasteiger partial charge in [-0.05, 0) is 31.2 Å². The van der Waals surface area contributed by atoms with Gasteiger partial charge in [0.15, 0.2) is 0 Å². The molecule has 2 N–H and O–H groups in total. The van der Waals surface area contributed by atoms with Gasteiger partial charge in [0.05, 0.1) is 27.3 Å². The van der Waals surface area contributed by atoms with E-state index in [1.54, 1.807) is 37.3 Å². The lowest BCUT2D eigenvalue weighted by atomic mass is 10.2. The van der Waals surface area contributed by atoms with Crippen molar-refractivity contribution in [3.05, 3.63) is 63.7 Å². The van der Waals surface area contributed by atoms with Gasteiger partial charge in [0.2, 0.25) is 0 Å². The Morgan fingerprint density at radius 2 is 1.90 bits per heavy atom. The summed E-state index contributed by atoms with van der Waals surface area (Å²) in [5.74, 6) is 0.550. The van der Waals surface area contributed by atoms with Crippen molar-refractivity contribution in [1.82, 2.24) is 9.55 Å². The van der Waals surface area contributed by atoms with Crippen molar-refractivity contribution >= 4 is 28.2 Å². The molecule has 3 aromatic rings. The van der Waals surface area contributed by atoms with Gasteiger partial charge in [-0.3, -0.25) is 9.36 Å². The highest BCUT2D eigenvalue weighted by Crippen LogP contribution is 2.22. The number of hydrogen-bond donors (Lipinski definition) is 1. The van der Waals surface area contributed by atoms with Crippen molar-refractivity contribution in [1.29, 1.82) is 0 Å². The molecular formula is C15H12ClN3O. The second-order valence-corrected chi connectivity index (χ2v) is 4.90. The Morgan fingerprint density at radius 1 is 1.15 bits per heavy atom. The largest absolute Gasteiger partial charge is 0.397 e. The number of fused-ring (bicyclic) bond motifs is 1. The van der Waals surface area contributed by atoms with E-state index in [2.05, 4.69) is 4.98 Å². The zero-order valence-electron chi connectivity index (χ0n) is 10.8. The van der Waals surface area contributed by atoms with Crippen LogP contribution in [0.5, 0.6) is 0 Å². The Bertz CT molecular complexity index is 871. The highest BCUT2D eigenvalue weighted by atomic mass is 35.5. The van der Waals surface area contributed by atoms with Crippen LogP contribution >= 0.6 is 11.6 Å². The SMILES string of the molecule is Cc1nc2c(Cl)cccc2c(=O)n1-c1ccccc1N. The Balaban J connectivity index is 2.45. The van der Waals surface area contributed by atoms with Gasteiger partial charge in [-0.2, -0.15) is 0 Å². The number of para-hydroxylation sites is 3. The van der Waals surface area contributed by atoms with E-state index in [0.717, 1.165) is 0 Å². The van der Waals surface area contributed by atoms with Crippen molar-refractivity contribution in [2.75, 3.05) is 5.73 Å². The number of hydrogen-bond acceptors (Lipinski definition) is 3. The summed E-state index contributed by atoms with van der Waals surface area (Å²) in [5, 5.41) is 0.947. The van der Waals surface area contributed by atoms with Crippen LogP contribution in [0.4, 0.5) is 5.69 Å². The monoisotopic (exact) mass is 285 g/mol. The van der Waals surface area contributed by atoms with Crippen molar-refractivity contribution in [2.45, 2.75) is 6.92 Å². The molecule has 0 saturated carbocycles. The first-order valence-corrected chi connectivity index (χ1v) is 6.50. The molecule has 1 heterocycles. The summed E-state index contributed by atoms with van der Waals surface area (Å²) in [6, 6.07) is 12.4. The number of nitrogens with zero attached hydrogens (tertiary/aromatic N) is 2. The van der Waals surface area contributed by atoms with Crippen LogP contribution in [0.2, 0.25) is 5.02 Å². The van der Waals surface area contributed by atoms with Gasteiger partial charge in [0, 0.05) is 0 Å². The molecule has 0 radical (unpaired) electrons. The molecule has 0 amide bonds. The molecule has 0 spiro atoms. The fraction of sp³-hybridized carbons (Fsp3) is 0.0667. The Kier molecular flexibility index (Phi) is 2.95. The van der Waals surface area contributed by atoms with Crippen LogP contribution in [-0.2, 0) is 0 Å². The van der Waals surface area contributed by atoms with Crippen LogP contribution < -0.4 is 11.3 Å². The highest BCUT2D eigenvalue weighted by Gasteiger charge is 2.13. The lowest BCUT2D eigenvalue weighted by molar-refractivity contribution is 0.897. The Hall–Kier alpha value is -2.33. The topological polar surface area (TPSA) is 60.9 Å². The molecule has 3 rings (SSSR count). The summed E-state index contributed by atoms with van der Waals surface area (Å²) in [5.41, 5.74) is 7.45. The highest BCUT2D eigenvalue weighted by molar-refractivity contribution is 6.34. The first-order chi connectivity index (χ1) is 9.59. The van der Waals surface area contributed by atoms with Crippen LogP contribution in [0, 0.1) is 6.92 Å². The molecular weight excluding hydrogens is 274 g/mol. The molecule has 0 aliphatic rings. The van der Waals surface area contributed by atoms with E-state index in [0.29, 0.717) is 33.1 Å². The number of nitrogen functional groups attached to an aromatic ring is 1. The van der Waals surface area contributed by atoms with Gasteiger partial charge in [-0.25, -0.2) is 4.98 Å². The second kappa shape index (κ2) is 4.65. The minimum atomic E-state index is -0.173. The van der Waals surface area contributed by atoms with Crippen LogP contribution in [0.3, 0.4) is 0 Å². The first-order valence-electron chi connectivity index (χ1n) is 6.12. The number of aryl methyl sites for hydroxylation is 1. The average Bonchev–Trinajstić information content (AvgIpc) is 2.42. The maximum absolute atomic E-state index is 12.7. The van der Waals surface area contributed by atoms with Crippen LogP contribution in [-0.4, -0.2) is 9.55 Å². The third kappa shape index (κ3) is 1.85. The number of anilines is 1. The van der Waals surface area contributed by atoms with Gasteiger partial charge in [-0.1, -0.05) is 29.8 Å². The summed E-state index contributed by atoms with van der Waals surface area (Å²) in [6.45, 7) is 1.76. The lowest BCUT2D eigenvalue weighted by Crippen LogP contribution is -2.23. The molecule has 5 heteroatoms. The fourth-order valence-electron chi connectivity index (χ4n) is 2.26. The zero-order chi connectivity index (χ0) is 14.3. The van der Waals surface area contributed by atoms with Crippen LogP contribution in [0.25, 0.3) is 16.6 Å². The van der Waals surface area contributed by atoms with E-state index in [1.807, 2.05) is 12.1 Å². The number of halogens is 1. The van der Waals surface area contributed by atoms with Crippen molar-refractivity contribution in [3.63, 3.8) is 0 Å². The quantitative estimate of drug-likeness (QED) is 0.699. The number of aromatic nitrogens is 2. The average molecular weight is 286 g/mol. The smallest absolute Gasteiger partial charge is 0.266 e. The molecule has 20 heavy (non-hydrogen) atoms. The molecule has 0 aliphatic carbocycles. The molecule has 0 fully saturated rings. The lowest BCUT2D eigenvalue weighted by Gasteiger charge is -2.13. The molecule has 0 atom stereocenters. The van der Waals surface area contributed by atoms with Gasteiger partial charge in [-0.15, -0.1) is 0 Å². The minimum absolute atomic E-state index is 0.173. The van der Waals surface area contributed by atoms with Gasteiger partial charge in [0.25, 0.3) is 5.56 Å². The fourth-order valence-corrected chi connectivity index (χ4v) is 2.47. The van der Waals surface area contributed by atoms with E-state index in [1.165, 1.54) is 4.57 Å². The summed E-state index contributed by atoms with van der Waals surface area (Å²) in [6.07, 6.45) is 0. The molecule has 0 saturated heterocycles. The van der Waals surface area contributed by atoms with Crippen molar-refractivity contribution in [3.8, 4) is 5.69 Å². The number of nitrogens with two attached hydrogens (primary N) is 1. The van der Waals surface area contributed by atoms with Crippen molar-refractivity contribution in [2.24, 2.45) is 0 Å². The van der Waals surface area contributed by atoms with Gasteiger partial charge in [0.1, 0.15) is 5.82 Å². The molecule has 0 unspecified atom stereocenters. The second-order valence-electron chi connectivity index (χ2n) is 4.49. The maximum Gasteiger partial charge on any atom is 0.266 e. The van der Waals surface area contributed by atoms with E-state index in [9.17, 15) is 4.79 Å². The van der Waals surface area contributed by atoms with Gasteiger partial charge >= 0.3 is 0 Å². The summed E-state index contributed by atoms with van der Waals surface area (Å²) in [7, 11) is 0. The first kappa shape index (κ1) is 12.7. The van der Waals surface area contributed by atoms with E-state index >= 15 is 0 Å². The molecule has 0 aliphatic heterocycles. The van der Waals surface area contributed by atoms with E-state index in [4.69, 9.17) is 17.3 Å². The number of rotatable bonds is 1. The summed E-state index contributed by atoms with van der Waals surface area (Å²) in [4.78, 5) is 17.1. The Morgan fingerprint density at radius 3 is 2.65 bits per heavy atom. The van der Waals surface area contributed by atoms with E-state index < -0.39 is 0 Å². The predicted molar refractivity (Wildman–Crippen MR) is 81.5 cm³/mol.